The summed E-state index contributed by atoms with van der Waals surface area (Å²) in [6, 6.07) is 1.62. The number of anilines is 1. The largest absolute Gasteiger partial charge is 0.350 e. The van der Waals surface area contributed by atoms with Crippen LogP contribution < -0.4 is 10.2 Å². The van der Waals surface area contributed by atoms with E-state index >= 15 is 0 Å². The summed E-state index contributed by atoms with van der Waals surface area (Å²) in [7, 11) is 0. The molecule has 0 atom stereocenters. The number of aromatic nitrogens is 2. The topological polar surface area (TPSA) is 78.4 Å². The van der Waals surface area contributed by atoms with Gasteiger partial charge in [0.25, 0.3) is 5.91 Å². The van der Waals surface area contributed by atoms with E-state index in [4.69, 9.17) is 0 Å². The van der Waals surface area contributed by atoms with Gasteiger partial charge in [-0.2, -0.15) is 0 Å². The highest BCUT2D eigenvalue weighted by atomic mass is 16.2. The molecule has 1 aliphatic rings. The maximum atomic E-state index is 12.1. The van der Waals surface area contributed by atoms with Crippen molar-refractivity contribution in [3.8, 4) is 0 Å². The van der Waals surface area contributed by atoms with Gasteiger partial charge in [-0.05, 0) is 12.0 Å². The van der Waals surface area contributed by atoms with Crippen LogP contribution in [0.5, 0.6) is 0 Å². The number of nitrogens with zero attached hydrogens (tertiary/aromatic N) is 4. The summed E-state index contributed by atoms with van der Waals surface area (Å²) in [5.41, 5.74) is 0.375. The lowest BCUT2D eigenvalue weighted by Crippen LogP contribution is -2.48. The maximum Gasteiger partial charge on any atom is 0.270 e. The number of rotatable bonds is 4. The fourth-order valence-electron chi connectivity index (χ4n) is 2.24. The SMILES string of the molecule is CC(=O)N1CCN(c2nccc(C(=O)NCC(C)C)n2)CC1. The Kier molecular flexibility index (Phi) is 5.30. The number of carbonyl (C=O) groups is 2. The van der Waals surface area contributed by atoms with Crippen LogP contribution in [0.1, 0.15) is 31.3 Å². The molecule has 0 unspecified atom stereocenters. The number of hydrogen-bond donors (Lipinski definition) is 1. The normalized spacial score (nSPS) is 15.1. The quantitative estimate of drug-likeness (QED) is 0.878. The summed E-state index contributed by atoms with van der Waals surface area (Å²) in [6.45, 7) is 8.94. The molecule has 0 saturated carbocycles. The second kappa shape index (κ2) is 7.20. The zero-order valence-electron chi connectivity index (χ0n) is 13.4. The van der Waals surface area contributed by atoms with Crippen LogP contribution in [0.25, 0.3) is 0 Å². The molecule has 2 heterocycles. The van der Waals surface area contributed by atoms with Gasteiger partial charge < -0.3 is 15.1 Å². The van der Waals surface area contributed by atoms with Gasteiger partial charge in [-0.3, -0.25) is 9.59 Å². The van der Waals surface area contributed by atoms with Crippen LogP contribution in [0.3, 0.4) is 0 Å². The zero-order chi connectivity index (χ0) is 16.1. The van der Waals surface area contributed by atoms with Gasteiger partial charge in [0.2, 0.25) is 11.9 Å². The average molecular weight is 305 g/mol. The summed E-state index contributed by atoms with van der Waals surface area (Å²) < 4.78 is 0. The van der Waals surface area contributed by atoms with E-state index in [1.807, 2.05) is 18.7 Å². The molecule has 0 radical (unpaired) electrons. The highest BCUT2D eigenvalue weighted by Gasteiger charge is 2.21. The summed E-state index contributed by atoms with van der Waals surface area (Å²) in [4.78, 5) is 35.8. The molecular weight excluding hydrogens is 282 g/mol. The molecule has 0 aliphatic carbocycles. The summed E-state index contributed by atoms with van der Waals surface area (Å²) in [5, 5.41) is 2.85. The highest BCUT2D eigenvalue weighted by Crippen LogP contribution is 2.11. The van der Waals surface area contributed by atoms with Crippen LogP contribution in [0.4, 0.5) is 5.95 Å². The fourth-order valence-corrected chi connectivity index (χ4v) is 2.24. The molecular formula is C15H23N5O2. The van der Waals surface area contributed by atoms with Crippen molar-refractivity contribution >= 4 is 17.8 Å². The van der Waals surface area contributed by atoms with Crippen LogP contribution in [-0.4, -0.2) is 59.4 Å². The zero-order valence-corrected chi connectivity index (χ0v) is 13.4. The van der Waals surface area contributed by atoms with E-state index in [1.54, 1.807) is 24.1 Å². The van der Waals surface area contributed by atoms with Gasteiger partial charge in [0.1, 0.15) is 5.69 Å². The first-order valence-electron chi connectivity index (χ1n) is 7.59. The molecule has 22 heavy (non-hydrogen) atoms. The number of piperazine rings is 1. The predicted octanol–water partition coefficient (Wildman–Crippen LogP) is 0.531. The Balaban J connectivity index is 2.00. The van der Waals surface area contributed by atoms with Gasteiger partial charge in [-0.15, -0.1) is 0 Å². The van der Waals surface area contributed by atoms with Crippen molar-refractivity contribution in [2.45, 2.75) is 20.8 Å². The van der Waals surface area contributed by atoms with Crippen LogP contribution in [0.2, 0.25) is 0 Å². The van der Waals surface area contributed by atoms with Gasteiger partial charge in [-0.25, -0.2) is 9.97 Å². The number of amides is 2. The third kappa shape index (κ3) is 4.16. The molecule has 1 aromatic heterocycles. The van der Waals surface area contributed by atoms with E-state index in [2.05, 4.69) is 15.3 Å². The first-order chi connectivity index (χ1) is 10.5. The molecule has 1 aromatic rings. The summed E-state index contributed by atoms with van der Waals surface area (Å²) in [6.07, 6.45) is 1.60. The maximum absolute atomic E-state index is 12.1. The molecule has 0 spiro atoms. The lowest BCUT2D eigenvalue weighted by Gasteiger charge is -2.34. The van der Waals surface area contributed by atoms with E-state index in [-0.39, 0.29) is 11.8 Å². The highest BCUT2D eigenvalue weighted by molar-refractivity contribution is 5.92. The van der Waals surface area contributed by atoms with E-state index < -0.39 is 0 Å². The lowest BCUT2D eigenvalue weighted by atomic mass is 10.2. The first kappa shape index (κ1) is 16.2. The monoisotopic (exact) mass is 305 g/mol. The van der Waals surface area contributed by atoms with E-state index in [0.29, 0.717) is 50.3 Å². The minimum absolute atomic E-state index is 0.0855. The van der Waals surface area contributed by atoms with Gasteiger partial charge >= 0.3 is 0 Å². The standard InChI is InChI=1S/C15H23N5O2/c1-11(2)10-17-14(22)13-4-5-16-15(18-13)20-8-6-19(7-9-20)12(3)21/h4-5,11H,6-10H2,1-3H3,(H,17,22). The molecule has 7 nitrogen and oxygen atoms in total. The minimum atomic E-state index is -0.181. The Morgan fingerprint density at radius 2 is 1.95 bits per heavy atom. The molecule has 2 amide bonds. The minimum Gasteiger partial charge on any atom is -0.350 e. The Bertz CT molecular complexity index is 538. The van der Waals surface area contributed by atoms with Gasteiger partial charge in [0.15, 0.2) is 0 Å². The van der Waals surface area contributed by atoms with Crippen molar-refractivity contribution in [3.05, 3.63) is 18.0 Å². The second-order valence-corrected chi connectivity index (χ2v) is 5.84. The average Bonchev–Trinajstić information content (AvgIpc) is 2.52. The van der Waals surface area contributed by atoms with E-state index in [0.717, 1.165) is 0 Å². The van der Waals surface area contributed by atoms with Crippen molar-refractivity contribution in [1.29, 1.82) is 0 Å². The number of nitrogens with one attached hydrogen (secondary N) is 1. The molecule has 1 fully saturated rings. The Hall–Kier alpha value is -2.18. The summed E-state index contributed by atoms with van der Waals surface area (Å²) >= 11 is 0. The van der Waals surface area contributed by atoms with Crippen LogP contribution in [0, 0.1) is 5.92 Å². The molecule has 2 rings (SSSR count). The van der Waals surface area contributed by atoms with E-state index in [9.17, 15) is 9.59 Å². The second-order valence-electron chi connectivity index (χ2n) is 5.84. The lowest BCUT2D eigenvalue weighted by molar-refractivity contribution is -0.129. The van der Waals surface area contributed by atoms with Crippen molar-refractivity contribution in [2.75, 3.05) is 37.6 Å². The van der Waals surface area contributed by atoms with Crippen molar-refractivity contribution in [2.24, 2.45) is 5.92 Å². The van der Waals surface area contributed by atoms with E-state index in [1.165, 1.54) is 0 Å². The molecule has 0 bridgehead atoms. The molecule has 1 saturated heterocycles. The Labute approximate surface area is 130 Å². The third-order valence-electron chi connectivity index (χ3n) is 3.55. The molecule has 7 heteroatoms. The van der Waals surface area contributed by atoms with Gasteiger partial charge in [0, 0.05) is 45.8 Å². The molecule has 1 N–H and O–H groups in total. The summed E-state index contributed by atoms with van der Waals surface area (Å²) in [5.74, 6) is 0.840. The number of hydrogen-bond acceptors (Lipinski definition) is 5. The van der Waals surface area contributed by atoms with Crippen LogP contribution >= 0.6 is 0 Å². The van der Waals surface area contributed by atoms with Crippen LogP contribution in [0.15, 0.2) is 12.3 Å². The number of carbonyl (C=O) groups excluding carboxylic acids is 2. The van der Waals surface area contributed by atoms with Gasteiger partial charge in [0.05, 0.1) is 0 Å². The van der Waals surface area contributed by atoms with Crippen molar-refractivity contribution in [1.82, 2.24) is 20.2 Å². The predicted molar refractivity (Wildman–Crippen MR) is 83.7 cm³/mol. The van der Waals surface area contributed by atoms with Gasteiger partial charge in [-0.1, -0.05) is 13.8 Å². The Morgan fingerprint density at radius 3 is 2.55 bits per heavy atom. The fraction of sp³-hybridized carbons (Fsp3) is 0.600. The van der Waals surface area contributed by atoms with Crippen LogP contribution in [-0.2, 0) is 4.79 Å². The molecule has 0 aromatic carbocycles. The smallest absolute Gasteiger partial charge is 0.270 e. The Morgan fingerprint density at radius 1 is 1.27 bits per heavy atom. The first-order valence-corrected chi connectivity index (χ1v) is 7.59. The molecule has 1 aliphatic heterocycles. The van der Waals surface area contributed by atoms with Crippen molar-refractivity contribution in [3.63, 3.8) is 0 Å². The third-order valence-corrected chi connectivity index (χ3v) is 3.55. The molecule has 120 valence electrons. The van der Waals surface area contributed by atoms with Crippen molar-refractivity contribution < 1.29 is 9.59 Å².